The Morgan fingerprint density at radius 1 is 1.33 bits per heavy atom. The summed E-state index contributed by atoms with van der Waals surface area (Å²) in [5, 5.41) is 8.12. The molecule has 1 aliphatic heterocycles. The van der Waals surface area contributed by atoms with E-state index < -0.39 is 6.04 Å². The van der Waals surface area contributed by atoms with Crippen LogP contribution in [0.4, 0.5) is 11.4 Å². The standard InChI is InChI=1S/C14H17N3O3.ClH/c1-2-12(18)16-10-5-3-4-9(8-10)15-11-6-7-13(19)17-14(11)20;/h3-5,8,11,15H,2,6-7H2,1H3,(H,16,18)(H,17,19,20);1H. The van der Waals surface area contributed by atoms with Crippen LogP contribution >= 0.6 is 12.4 Å². The van der Waals surface area contributed by atoms with E-state index >= 15 is 0 Å². The van der Waals surface area contributed by atoms with Crippen molar-refractivity contribution >= 4 is 41.5 Å². The van der Waals surface area contributed by atoms with Gasteiger partial charge in [0.1, 0.15) is 6.04 Å². The Hall–Kier alpha value is -2.08. The number of carbonyl (C=O) groups excluding carboxylic acids is 3. The first-order valence-electron chi connectivity index (χ1n) is 6.58. The Labute approximate surface area is 129 Å². The number of imide groups is 1. The minimum absolute atomic E-state index is 0. The molecule has 1 saturated heterocycles. The third-order valence-corrected chi connectivity index (χ3v) is 3.05. The molecule has 0 aliphatic carbocycles. The maximum Gasteiger partial charge on any atom is 0.249 e. The van der Waals surface area contributed by atoms with Crippen LogP contribution in [-0.2, 0) is 14.4 Å². The highest BCUT2D eigenvalue weighted by Gasteiger charge is 2.26. The van der Waals surface area contributed by atoms with E-state index in [4.69, 9.17) is 0 Å². The molecule has 0 aromatic heterocycles. The van der Waals surface area contributed by atoms with Gasteiger partial charge in [-0.15, -0.1) is 12.4 Å². The van der Waals surface area contributed by atoms with Crippen LogP contribution in [0.2, 0.25) is 0 Å². The zero-order valence-corrected chi connectivity index (χ0v) is 12.5. The first-order chi connectivity index (χ1) is 9.58. The minimum atomic E-state index is -0.426. The van der Waals surface area contributed by atoms with E-state index in [1.165, 1.54) is 0 Å². The lowest BCUT2D eigenvalue weighted by Gasteiger charge is -2.23. The SMILES string of the molecule is CCC(=O)Nc1cccc(NC2CCC(=O)NC2=O)c1.Cl. The van der Waals surface area contributed by atoms with Gasteiger partial charge in [-0.3, -0.25) is 19.7 Å². The lowest BCUT2D eigenvalue weighted by atomic mass is 10.1. The predicted octanol–water partition coefficient (Wildman–Crippen LogP) is 1.67. The molecule has 3 amide bonds. The fourth-order valence-electron chi connectivity index (χ4n) is 1.97. The van der Waals surface area contributed by atoms with Crippen LogP contribution in [-0.4, -0.2) is 23.8 Å². The second kappa shape index (κ2) is 7.64. The van der Waals surface area contributed by atoms with Crippen molar-refractivity contribution in [2.45, 2.75) is 32.2 Å². The highest BCUT2D eigenvalue weighted by molar-refractivity contribution is 6.01. The van der Waals surface area contributed by atoms with Crippen LogP contribution in [0.3, 0.4) is 0 Å². The second-order valence-corrected chi connectivity index (χ2v) is 4.63. The number of anilines is 2. The van der Waals surface area contributed by atoms with Gasteiger partial charge < -0.3 is 10.6 Å². The Morgan fingerprint density at radius 3 is 2.71 bits per heavy atom. The molecule has 0 bridgehead atoms. The minimum Gasteiger partial charge on any atom is -0.374 e. The topological polar surface area (TPSA) is 87.3 Å². The first-order valence-corrected chi connectivity index (χ1v) is 6.58. The zero-order chi connectivity index (χ0) is 14.5. The lowest BCUT2D eigenvalue weighted by Crippen LogP contribution is -2.47. The summed E-state index contributed by atoms with van der Waals surface area (Å²) in [6.07, 6.45) is 1.21. The molecule has 3 N–H and O–H groups in total. The van der Waals surface area contributed by atoms with E-state index in [0.29, 0.717) is 24.9 Å². The largest absolute Gasteiger partial charge is 0.374 e. The molecule has 1 aliphatic rings. The molecule has 2 rings (SSSR count). The fourth-order valence-corrected chi connectivity index (χ4v) is 1.97. The first kappa shape index (κ1) is 17.0. The summed E-state index contributed by atoms with van der Waals surface area (Å²) < 4.78 is 0. The van der Waals surface area contributed by atoms with Gasteiger partial charge in [-0.25, -0.2) is 0 Å². The smallest absolute Gasteiger partial charge is 0.249 e. The summed E-state index contributed by atoms with van der Waals surface area (Å²) in [5.41, 5.74) is 1.41. The Bertz CT molecular complexity index is 548. The molecule has 7 heteroatoms. The number of hydrogen-bond donors (Lipinski definition) is 3. The van der Waals surface area contributed by atoms with Gasteiger partial charge in [0.2, 0.25) is 17.7 Å². The van der Waals surface area contributed by atoms with E-state index in [9.17, 15) is 14.4 Å². The van der Waals surface area contributed by atoms with E-state index in [1.54, 1.807) is 25.1 Å². The van der Waals surface area contributed by atoms with E-state index in [1.807, 2.05) is 6.07 Å². The molecule has 114 valence electrons. The van der Waals surface area contributed by atoms with Crippen molar-refractivity contribution in [2.75, 3.05) is 10.6 Å². The van der Waals surface area contributed by atoms with Crippen LogP contribution in [0, 0.1) is 0 Å². The maximum atomic E-state index is 11.7. The summed E-state index contributed by atoms with van der Waals surface area (Å²) in [7, 11) is 0. The van der Waals surface area contributed by atoms with E-state index in [2.05, 4.69) is 16.0 Å². The van der Waals surface area contributed by atoms with Crippen molar-refractivity contribution in [1.29, 1.82) is 0 Å². The summed E-state index contributed by atoms with van der Waals surface area (Å²) in [6, 6.07) is 6.72. The molecule has 1 aromatic rings. The lowest BCUT2D eigenvalue weighted by molar-refractivity contribution is -0.133. The normalized spacial score (nSPS) is 17.5. The average Bonchev–Trinajstić information content (AvgIpc) is 2.42. The summed E-state index contributed by atoms with van der Waals surface area (Å²) in [4.78, 5) is 34.1. The van der Waals surface area contributed by atoms with Crippen LogP contribution in [0.25, 0.3) is 0 Å². The highest BCUT2D eigenvalue weighted by atomic mass is 35.5. The Balaban J connectivity index is 0.00000220. The molecule has 1 atom stereocenters. The number of amides is 3. The van der Waals surface area contributed by atoms with E-state index in [-0.39, 0.29) is 30.1 Å². The number of hydrogen-bond acceptors (Lipinski definition) is 4. The third-order valence-electron chi connectivity index (χ3n) is 3.05. The number of benzene rings is 1. The van der Waals surface area contributed by atoms with Crippen LogP contribution in [0.1, 0.15) is 26.2 Å². The maximum absolute atomic E-state index is 11.7. The Kier molecular flexibility index (Phi) is 6.17. The van der Waals surface area contributed by atoms with Crippen molar-refractivity contribution in [3.63, 3.8) is 0 Å². The van der Waals surface area contributed by atoms with E-state index in [0.717, 1.165) is 5.69 Å². The third kappa shape index (κ3) is 4.75. The summed E-state index contributed by atoms with van der Waals surface area (Å²) in [6.45, 7) is 1.78. The number of carbonyl (C=O) groups is 3. The molecule has 1 unspecified atom stereocenters. The van der Waals surface area contributed by atoms with Gasteiger partial charge in [0.05, 0.1) is 0 Å². The zero-order valence-electron chi connectivity index (χ0n) is 11.6. The van der Waals surface area contributed by atoms with Gasteiger partial charge >= 0.3 is 0 Å². The molecule has 6 nitrogen and oxygen atoms in total. The quantitative estimate of drug-likeness (QED) is 0.738. The number of piperidine rings is 1. The number of rotatable bonds is 4. The van der Waals surface area contributed by atoms with Gasteiger partial charge in [0, 0.05) is 24.2 Å². The van der Waals surface area contributed by atoms with Gasteiger partial charge in [-0.05, 0) is 24.6 Å². The molecule has 1 aromatic carbocycles. The Morgan fingerprint density at radius 2 is 2.05 bits per heavy atom. The number of nitrogens with one attached hydrogen (secondary N) is 3. The van der Waals surface area contributed by atoms with Gasteiger partial charge in [-0.2, -0.15) is 0 Å². The van der Waals surface area contributed by atoms with Crippen molar-refractivity contribution in [2.24, 2.45) is 0 Å². The average molecular weight is 312 g/mol. The molecular formula is C14H18ClN3O3. The van der Waals surface area contributed by atoms with Gasteiger partial charge in [0.25, 0.3) is 0 Å². The van der Waals surface area contributed by atoms with Crippen molar-refractivity contribution in [1.82, 2.24) is 5.32 Å². The second-order valence-electron chi connectivity index (χ2n) is 4.63. The molecule has 0 radical (unpaired) electrons. The summed E-state index contributed by atoms with van der Waals surface area (Å²) in [5.74, 6) is -0.621. The molecule has 0 saturated carbocycles. The van der Waals surface area contributed by atoms with Crippen molar-refractivity contribution < 1.29 is 14.4 Å². The fraction of sp³-hybridized carbons (Fsp3) is 0.357. The highest BCUT2D eigenvalue weighted by Crippen LogP contribution is 2.18. The van der Waals surface area contributed by atoms with Crippen LogP contribution in [0.5, 0.6) is 0 Å². The van der Waals surface area contributed by atoms with Gasteiger partial charge in [-0.1, -0.05) is 13.0 Å². The van der Waals surface area contributed by atoms with Gasteiger partial charge in [0.15, 0.2) is 0 Å². The molecule has 21 heavy (non-hydrogen) atoms. The van der Waals surface area contributed by atoms with Crippen molar-refractivity contribution in [3.05, 3.63) is 24.3 Å². The summed E-state index contributed by atoms with van der Waals surface area (Å²) >= 11 is 0. The molecule has 0 spiro atoms. The number of halogens is 1. The van der Waals surface area contributed by atoms with Crippen LogP contribution < -0.4 is 16.0 Å². The van der Waals surface area contributed by atoms with Crippen LogP contribution in [0.15, 0.2) is 24.3 Å². The van der Waals surface area contributed by atoms with Crippen molar-refractivity contribution in [3.8, 4) is 0 Å². The monoisotopic (exact) mass is 311 g/mol. The predicted molar refractivity (Wildman–Crippen MR) is 82.4 cm³/mol. The molecular weight excluding hydrogens is 294 g/mol. The molecule has 1 fully saturated rings. The molecule has 1 heterocycles.